The lowest BCUT2D eigenvalue weighted by Gasteiger charge is -2.15. The van der Waals surface area contributed by atoms with Crippen LogP contribution >= 0.6 is 0 Å². The van der Waals surface area contributed by atoms with Gasteiger partial charge in [-0.05, 0) is 18.3 Å². The van der Waals surface area contributed by atoms with E-state index in [4.69, 9.17) is 9.47 Å². The lowest BCUT2D eigenvalue weighted by Crippen LogP contribution is -2.31. The number of hydrogen-bond donors (Lipinski definition) is 1. The van der Waals surface area contributed by atoms with Gasteiger partial charge in [0, 0.05) is 19.1 Å². The molecule has 19 heavy (non-hydrogen) atoms. The van der Waals surface area contributed by atoms with Gasteiger partial charge in [0.25, 0.3) is 0 Å². The highest BCUT2D eigenvalue weighted by Crippen LogP contribution is 2.09. The molecule has 0 aliphatic rings. The van der Waals surface area contributed by atoms with Crippen molar-refractivity contribution in [2.75, 3.05) is 33.0 Å². The van der Waals surface area contributed by atoms with Crippen LogP contribution in [0.1, 0.15) is 41.0 Å². The molecule has 2 unspecified atom stereocenters. The fourth-order valence-corrected chi connectivity index (χ4v) is 1.29. The van der Waals surface area contributed by atoms with Crippen LogP contribution in [-0.2, 0) is 14.3 Å². The summed E-state index contributed by atoms with van der Waals surface area (Å²) >= 11 is 0. The van der Waals surface area contributed by atoms with E-state index in [1.165, 1.54) is 0 Å². The Bertz CT molecular complexity index is 231. The van der Waals surface area contributed by atoms with Crippen LogP contribution in [-0.4, -0.2) is 38.9 Å². The molecule has 114 valence electrons. The molecule has 0 rings (SSSR count). The van der Waals surface area contributed by atoms with Gasteiger partial charge in [-0.15, -0.1) is 0 Å². The van der Waals surface area contributed by atoms with Crippen LogP contribution < -0.4 is 5.32 Å². The van der Waals surface area contributed by atoms with E-state index in [9.17, 15) is 4.79 Å². The fraction of sp³-hybridized carbons (Fsp3) is 0.933. The van der Waals surface area contributed by atoms with Crippen molar-refractivity contribution in [3.8, 4) is 0 Å². The van der Waals surface area contributed by atoms with Gasteiger partial charge in [0.05, 0.1) is 19.8 Å². The van der Waals surface area contributed by atoms with Gasteiger partial charge in [0.1, 0.15) is 0 Å². The first-order valence-corrected chi connectivity index (χ1v) is 7.42. The van der Waals surface area contributed by atoms with E-state index in [0.717, 1.165) is 13.0 Å². The first-order valence-electron chi connectivity index (χ1n) is 7.42. The second-order valence-corrected chi connectivity index (χ2v) is 5.51. The summed E-state index contributed by atoms with van der Waals surface area (Å²) in [6, 6.07) is 0. The number of carbonyl (C=O) groups excluding carboxylic acids is 1. The fourth-order valence-electron chi connectivity index (χ4n) is 1.29. The van der Waals surface area contributed by atoms with Crippen LogP contribution in [0.3, 0.4) is 0 Å². The smallest absolute Gasteiger partial charge is 0.222 e. The summed E-state index contributed by atoms with van der Waals surface area (Å²) in [5.41, 5.74) is 0. The molecule has 1 N–H and O–H groups in total. The molecule has 0 aliphatic heterocycles. The number of amides is 1. The SMILES string of the molecule is CCC(C)C(=O)NCCOCCOCC(C)C(C)C. The Balaban J connectivity index is 3.30. The zero-order valence-electron chi connectivity index (χ0n) is 13.2. The third-order valence-corrected chi connectivity index (χ3v) is 3.50. The lowest BCUT2D eigenvalue weighted by molar-refractivity contribution is -0.124. The Kier molecular flexibility index (Phi) is 10.9. The van der Waals surface area contributed by atoms with Crippen molar-refractivity contribution in [1.82, 2.24) is 5.32 Å². The minimum absolute atomic E-state index is 0.0841. The number of carbonyl (C=O) groups is 1. The van der Waals surface area contributed by atoms with Gasteiger partial charge in [0.15, 0.2) is 0 Å². The highest BCUT2D eigenvalue weighted by atomic mass is 16.5. The van der Waals surface area contributed by atoms with Gasteiger partial charge in [-0.1, -0.05) is 34.6 Å². The Morgan fingerprint density at radius 3 is 2.26 bits per heavy atom. The van der Waals surface area contributed by atoms with Crippen molar-refractivity contribution < 1.29 is 14.3 Å². The zero-order valence-corrected chi connectivity index (χ0v) is 13.2. The average Bonchev–Trinajstić information content (AvgIpc) is 2.39. The van der Waals surface area contributed by atoms with E-state index in [1.807, 2.05) is 13.8 Å². The number of hydrogen-bond acceptors (Lipinski definition) is 3. The van der Waals surface area contributed by atoms with Crippen LogP contribution in [0.25, 0.3) is 0 Å². The summed E-state index contributed by atoms with van der Waals surface area (Å²) in [6.07, 6.45) is 0.870. The molecule has 1 amide bonds. The second kappa shape index (κ2) is 11.2. The highest BCUT2D eigenvalue weighted by molar-refractivity contribution is 5.78. The van der Waals surface area contributed by atoms with E-state index < -0.39 is 0 Å². The van der Waals surface area contributed by atoms with Crippen LogP contribution in [0.15, 0.2) is 0 Å². The van der Waals surface area contributed by atoms with Crippen molar-refractivity contribution in [3.05, 3.63) is 0 Å². The molecular weight excluding hydrogens is 242 g/mol. The summed E-state index contributed by atoms with van der Waals surface area (Å²) in [6.45, 7) is 13.6. The van der Waals surface area contributed by atoms with E-state index in [-0.39, 0.29) is 11.8 Å². The van der Waals surface area contributed by atoms with Gasteiger partial charge in [-0.25, -0.2) is 0 Å². The molecule has 4 nitrogen and oxygen atoms in total. The van der Waals surface area contributed by atoms with Gasteiger partial charge >= 0.3 is 0 Å². The van der Waals surface area contributed by atoms with E-state index >= 15 is 0 Å². The molecule has 0 aromatic heterocycles. The molecule has 0 bridgehead atoms. The summed E-state index contributed by atoms with van der Waals surface area (Å²) in [5.74, 6) is 1.42. The van der Waals surface area contributed by atoms with Crippen LogP contribution in [0.4, 0.5) is 0 Å². The Hall–Kier alpha value is -0.610. The molecule has 0 radical (unpaired) electrons. The van der Waals surface area contributed by atoms with Crippen molar-refractivity contribution >= 4 is 5.91 Å². The predicted molar refractivity (Wildman–Crippen MR) is 78.1 cm³/mol. The first kappa shape index (κ1) is 18.4. The molecule has 0 fully saturated rings. The molecule has 0 aliphatic carbocycles. The van der Waals surface area contributed by atoms with Gasteiger partial charge in [-0.2, -0.15) is 0 Å². The minimum Gasteiger partial charge on any atom is -0.379 e. The van der Waals surface area contributed by atoms with E-state index in [1.54, 1.807) is 0 Å². The number of nitrogens with one attached hydrogen (secondary N) is 1. The van der Waals surface area contributed by atoms with E-state index in [0.29, 0.717) is 38.2 Å². The lowest BCUT2D eigenvalue weighted by atomic mass is 9.99. The molecule has 2 atom stereocenters. The minimum atomic E-state index is 0.0841. The van der Waals surface area contributed by atoms with Crippen molar-refractivity contribution in [2.24, 2.45) is 17.8 Å². The maximum atomic E-state index is 11.5. The molecular formula is C15H31NO3. The van der Waals surface area contributed by atoms with Gasteiger partial charge < -0.3 is 14.8 Å². The highest BCUT2D eigenvalue weighted by Gasteiger charge is 2.09. The standard InChI is InChI=1S/C15H31NO3/c1-6-13(4)15(17)16-7-8-18-9-10-19-11-14(5)12(2)3/h12-14H,6-11H2,1-5H3,(H,16,17). The van der Waals surface area contributed by atoms with Gasteiger partial charge in [-0.3, -0.25) is 4.79 Å². The number of rotatable bonds is 11. The molecule has 0 heterocycles. The first-order chi connectivity index (χ1) is 8.99. The maximum absolute atomic E-state index is 11.5. The average molecular weight is 273 g/mol. The zero-order chi connectivity index (χ0) is 14.7. The monoisotopic (exact) mass is 273 g/mol. The molecule has 0 saturated carbocycles. The summed E-state index contributed by atoms with van der Waals surface area (Å²) in [7, 11) is 0. The predicted octanol–water partition coefficient (Wildman–Crippen LogP) is 2.47. The molecule has 0 aromatic carbocycles. The summed E-state index contributed by atoms with van der Waals surface area (Å²) in [5, 5.41) is 2.85. The molecule has 4 heteroatoms. The molecule has 0 spiro atoms. The van der Waals surface area contributed by atoms with E-state index in [2.05, 4.69) is 26.1 Å². The van der Waals surface area contributed by atoms with Crippen molar-refractivity contribution in [3.63, 3.8) is 0 Å². The van der Waals surface area contributed by atoms with Crippen LogP contribution in [0.2, 0.25) is 0 Å². The Morgan fingerprint density at radius 1 is 1.05 bits per heavy atom. The summed E-state index contributed by atoms with van der Waals surface area (Å²) < 4.78 is 10.9. The van der Waals surface area contributed by atoms with Crippen LogP contribution in [0.5, 0.6) is 0 Å². The number of ether oxygens (including phenoxy) is 2. The second-order valence-electron chi connectivity index (χ2n) is 5.51. The molecule has 0 aromatic rings. The van der Waals surface area contributed by atoms with Crippen molar-refractivity contribution in [2.45, 2.75) is 41.0 Å². The normalized spacial score (nSPS) is 14.4. The molecule has 0 saturated heterocycles. The largest absolute Gasteiger partial charge is 0.379 e. The third kappa shape index (κ3) is 9.91. The Labute approximate surface area is 118 Å². The summed E-state index contributed by atoms with van der Waals surface area (Å²) in [4.78, 5) is 11.5. The quantitative estimate of drug-likeness (QED) is 0.588. The van der Waals surface area contributed by atoms with Crippen LogP contribution in [0, 0.1) is 17.8 Å². The Morgan fingerprint density at radius 2 is 1.68 bits per heavy atom. The van der Waals surface area contributed by atoms with Crippen molar-refractivity contribution in [1.29, 1.82) is 0 Å². The van der Waals surface area contributed by atoms with Gasteiger partial charge in [0.2, 0.25) is 5.91 Å². The topological polar surface area (TPSA) is 47.6 Å². The maximum Gasteiger partial charge on any atom is 0.222 e. The third-order valence-electron chi connectivity index (χ3n) is 3.50.